The zero-order chi connectivity index (χ0) is 14.0. The maximum absolute atomic E-state index is 12.2. The lowest BCUT2D eigenvalue weighted by Gasteiger charge is -2.31. The number of rotatable bonds is 2. The van der Waals surface area contributed by atoms with Crippen molar-refractivity contribution in [3.8, 4) is 0 Å². The summed E-state index contributed by atoms with van der Waals surface area (Å²) in [7, 11) is 0. The highest BCUT2D eigenvalue weighted by Crippen LogP contribution is 2.32. The van der Waals surface area contributed by atoms with Gasteiger partial charge in [-0.1, -0.05) is 19.9 Å². The summed E-state index contributed by atoms with van der Waals surface area (Å²) in [6.45, 7) is 4.48. The molecular weight excluding hydrogens is 306 g/mol. The molecule has 0 spiro atoms. The van der Waals surface area contributed by atoms with E-state index in [-0.39, 0.29) is 12.1 Å². The van der Waals surface area contributed by atoms with Gasteiger partial charge in [0, 0.05) is 5.69 Å². The largest absolute Gasteiger partial charge is 0.459 e. The number of hydrogen-bond donors (Lipinski definition) is 1. The molecule has 3 atom stereocenters. The molecule has 19 heavy (non-hydrogen) atoms. The summed E-state index contributed by atoms with van der Waals surface area (Å²) in [5.74, 6) is 1.04. The van der Waals surface area contributed by atoms with Crippen molar-refractivity contribution in [2.24, 2.45) is 11.8 Å². The standard InChI is InChI=1S/C15H20BrNO2/c1-9-6-7-11(8-10(9)2)19-15(18)12-4-3-5-13(17)14(12)16/h3-5,9-11H,6-8,17H2,1-2H3. The van der Waals surface area contributed by atoms with Crippen LogP contribution in [0.15, 0.2) is 22.7 Å². The van der Waals surface area contributed by atoms with Gasteiger partial charge in [-0.05, 0) is 59.2 Å². The normalized spacial score (nSPS) is 27.0. The van der Waals surface area contributed by atoms with Crippen LogP contribution in [0.1, 0.15) is 43.5 Å². The van der Waals surface area contributed by atoms with Crippen LogP contribution in [0.3, 0.4) is 0 Å². The monoisotopic (exact) mass is 325 g/mol. The maximum Gasteiger partial charge on any atom is 0.339 e. The SMILES string of the molecule is CC1CCC(OC(=O)c2cccc(N)c2Br)CC1C. The number of halogens is 1. The number of benzene rings is 1. The molecule has 0 bridgehead atoms. The molecule has 1 saturated carbocycles. The van der Waals surface area contributed by atoms with Crippen molar-refractivity contribution in [2.75, 3.05) is 5.73 Å². The van der Waals surface area contributed by atoms with Crippen LogP contribution < -0.4 is 5.73 Å². The van der Waals surface area contributed by atoms with E-state index >= 15 is 0 Å². The molecule has 1 aromatic rings. The lowest BCUT2D eigenvalue weighted by atomic mass is 9.80. The third kappa shape index (κ3) is 3.30. The lowest BCUT2D eigenvalue weighted by Crippen LogP contribution is -2.28. The number of nitrogens with two attached hydrogens (primary N) is 1. The first-order chi connectivity index (χ1) is 8.99. The minimum Gasteiger partial charge on any atom is -0.459 e. The third-order valence-corrected chi connectivity index (χ3v) is 4.96. The average molecular weight is 326 g/mol. The van der Waals surface area contributed by atoms with Crippen LogP contribution in [0.2, 0.25) is 0 Å². The molecule has 4 heteroatoms. The molecule has 0 saturated heterocycles. The van der Waals surface area contributed by atoms with E-state index in [4.69, 9.17) is 10.5 Å². The molecule has 3 nitrogen and oxygen atoms in total. The van der Waals surface area contributed by atoms with Crippen LogP contribution in [0.4, 0.5) is 5.69 Å². The molecule has 2 N–H and O–H groups in total. The molecule has 1 aromatic carbocycles. The van der Waals surface area contributed by atoms with Crippen LogP contribution in [0.25, 0.3) is 0 Å². The smallest absolute Gasteiger partial charge is 0.339 e. The van der Waals surface area contributed by atoms with Gasteiger partial charge in [-0.15, -0.1) is 0 Å². The topological polar surface area (TPSA) is 52.3 Å². The van der Waals surface area contributed by atoms with Gasteiger partial charge in [-0.3, -0.25) is 0 Å². The Morgan fingerprint density at radius 1 is 1.32 bits per heavy atom. The van der Waals surface area contributed by atoms with Crippen LogP contribution >= 0.6 is 15.9 Å². The Hall–Kier alpha value is -1.03. The number of anilines is 1. The Labute approximate surface area is 122 Å². The van der Waals surface area contributed by atoms with Crippen molar-refractivity contribution in [3.05, 3.63) is 28.2 Å². The van der Waals surface area contributed by atoms with E-state index in [1.807, 2.05) is 0 Å². The van der Waals surface area contributed by atoms with Crippen LogP contribution in [0.5, 0.6) is 0 Å². The van der Waals surface area contributed by atoms with Gasteiger partial charge in [0.05, 0.1) is 10.0 Å². The first-order valence-corrected chi connectivity index (χ1v) is 7.53. The molecule has 0 radical (unpaired) electrons. The Balaban J connectivity index is 2.03. The summed E-state index contributed by atoms with van der Waals surface area (Å²) in [6.07, 6.45) is 3.06. The molecule has 0 aromatic heterocycles. The van der Waals surface area contributed by atoms with Crippen molar-refractivity contribution in [2.45, 2.75) is 39.2 Å². The Morgan fingerprint density at radius 2 is 2.05 bits per heavy atom. The molecule has 1 aliphatic carbocycles. The van der Waals surface area contributed by atoms with Crippen molar-refractivity contribution >= 4 is 27.6 Å². The number of carbonyl (C=O) groups is 1. The maximum atomic E-state index is 12.2. The van der Waals surface area contributed by atoms with Crippen LogP contribution in [-0.2, 0) is 4.74 Å². The van der Waals surface area contributed by atoms with E-state index in [9.17, 15) is 4.79 Å². The zero-order valence-electron chi connectivity index (χ0n) is 11.4. The molecule has 1 fully saturated rings. The van der Waals surface area contributed by atoms with Crippen molar-refractivity contribution in [1.82, 2.24) is 0 Å². The summed E-state index contributed by atoms with van der Waals surface area (Å²) in [5, 5.41) is 0. The van der Waals surface area contributed by atoms with Gasteiger partial charge in [0.2, 0.25) is 0 Å². The van der Waals surface area contributed by atoms with E-state index in [0.29, 0.717) is 27.6 Å². The molecule has 0 aliphatic heterocycles. The number of hydrogen-bond acceptors (Lipinski definition) is 3. The van der Waals surface area contributed by atoms with Crippen LogP contribution in [-0.4, -0.2) is 12.1 Å². The summed E-state index contributed by atoms with van der Waals surface area (Å²) in [5.41, 5.74) is 6.84. The number of ether oxygens (including phenoxy) is 1. The van der Waals surface area contributed by atoms with Crippen molar-refractivity contribution in [1.29, 1.82) is 0 Å². The molecule has 0 amide bonds. The molecule has 104 valence electrons. The first kappa shape index (κ1) is 14.4. The molecule has 2 rings (SSSR count). The third-order valence-electron chi connectivity index (χ3n) is 4.07. The quantitative estimate of drug-likeness (QED) is 0.660. The van der Waals surface area contributed by atoms with E-state index in [1.54, 1.807) is 18.2 Å². The summed E-state index contributed by atoms with van der Waals surface area (Å²) in [4.78, 5) is 12.2. The van der Waals surface area contributed by atoms with Crippen LogP contribution in [0, 0.1) is 11.8 Å². The minimum absolute atomic E-state index is 0.0343. The zero-order valence-corrected chi connectivity index (χ0v) is 12.9. The second kappa shape index (κ2) is 5.95. The Bertz CT molecular complexity index is 475. The Kier molecular flexibility index (Phi) is 4.50. The fourth-order valence-corrected chi connectivity index (χ4v) is 2.95. The predicted molar refractivity (Wildman–Crippen MR) is 79.9 cm³/mol. The minimum atomic E-state index is -0.286. The number of nitrogen functional groups attached to an aromatic ring is 1. The second-order valence-corrected chi connectivity index (χ2v) is 6.30. The van der Waals surface area contributed by atoms with Gasteiger partial charge in [-0.25, -0.2) is 4.79 Å². The van der Waals surface area contributed by atoms with Crippen molar-refractivity contribution < 1.29 is 9.53 Å². The van der Waals surface area contributed by atoms with E-state index in [2.05, 4.69) is 29.8 Å². The molecule has 0 heterocycles. The van der Waals surface area contributed by atoms with Gasteiger partial charge < -0.3 is 10.5 Å². The van der Waals surface area contributed by atoms with E-state index < -0.39 is 0 Å². The van der Waals surface area contributed by atoms with Gasteiger partial charge in [0.1, 0.15) is 6.10 Å². The molecule has 3 unspecified atom stereocenters. The van der Waals surface area contributed by atoms with Gasteiger partial charge in [0.25, 0.3) is 0 Å². The fraction of sp³-hybridized carbons (Fsp3) is 0.533. The summed E-state index contributed by atoms with van der Waals surface area (Å²) in [6, 6.07) is 5.26. The van der Waals surface area contributed by atoms with E-state index in [1.165, 1.54) is 0 Å². The van der Waals surface area contributed by atoms with Crippen molar-refractivity contribution in [3.63, 3.8) is 0 Å². The summed E-state index contributed by atoms with van der Waals surface area (Å²) >= 11 is 3.34. The average Bonchev–Trinajstić information content (AvgIpc) is 2.37. The number of carbonyl (C=O) groups excluding carboxylic acids is 1. The van der Waals surface area contributed by atoms with Gasteiger partial charge in [0.15, 0.2) is 0 Å². The lowest BCUT2D eigenvalue weighted by molar-refractivity contribution is 0.00870. The predicted octanol–water partition coefficient (Wildman–Crippen LogP) is 4.01. The number of esters is 1. The summed E-state index contributed by atoms with van der Waals surface area (Å²) < 4.78 is 6.23. The fourth-order valence-electron chi connectivity index (χ4n) is 2.53. The molecular formula is C15H20BrNO2. The van der Waals surface area contributed by atoms with Gasteiger partial charge in [-0.2, -0.15) is 0 Å². The second-order valence-electron chi connectivity index (χ2n) is 5.50. The molecule has 1 aliphatic rings. The first-order valence-electron chi connectivity index (χ1n) is 6.74. The van der Waals surface area contributed by atoms with Gasteiger partial charge >= 0.3 is 5.97 Å². The van der Waals surface area contributed by atoms with E-state index in [0.717, 1.165) is 19.3 Å². The Morgan fingerprint density at radius 3 is 2.74 bits per heavy atom. The highest BCUT2D eigenvalue weighted by Gasteiger charge is 2.27. The highest BCUT2D eigenvalue weighted by atomic mass is 79.9. The highest BCUT2D eigenvalue weighted by molar-refractivity contribution is 9.10.